The maximum Gasteiger partial charge on any atom is 0.315 e. The highest BCUT2D eigenvalue weighted by molar-refractivity contribution is 5.74. The number of nitrogens with one attached hydrogen (secondary N) is 2. The highest BCUT2D eigenvalue weighted by atomic mass is 16.5. The standard InChI is InChI=1S/C16H23N3O2/c20-16(17-10-13-7-9-21-12-13)18-14-6-8-19(11-14)15-4-2-1-3-5-15/h1-5,13-14H,6-12H2,(H2,17,18,20)/t13-,14+/m1/s1. The fraction of sp³-hybridized carbons (Fsp3) is 0.562. The Labute approximate surface area is 125 Å². The smallest absolute Gasteiger partial charge is 0.315 e. The van der Waals surface area contributed by atoms with E-state index in [1.807, 2.05) is 18.2 Å². The van der Waals surface area contributed by atoms with Crippen molar-refractivity contribution in [2.75, 3.05) is 37.7 Å². The van der Waals surface area contributed by atoms with E-state index < -0.39 is 0 Å². The van der Waals surface area contributed by atoms with Gasteiger partial charge in [-0.05, 0) is 25.0 Å². The third kappa shape index (κ3) is 3.88. The zero-order chi connectivity index (χ0) is 14.5. The van der Waals surface area contributed by atoms with Crippen molar-refractivity contribution in [1.82, 2.24) is 10.6 Å². The van der Waals surface area contributed by atoms with Gasteiger partial charge in [0.15, 0.2) is 0 Å². The molecule has 0 aliphatic carbocycles. The molecule has 5 heteroatoms. The van der Waals surface area contributed by atoms with Gasteiger partial charge in [-0.15, -0.1) is 0 Å². The number of urea groups is 1. The van der Waals surface area contributed by atoms with Gasteiger partial charge in [-0.2, -0.15) is 0 Å². The minimum Gasteiger partial charge on any atom is -0.381 e. The summed E-state index contributed by atoms with van der Waals surface area (Å²) in [4.78, 5) is 14.2. The van der Waals surface area contributed by atoms with Crippen LogP contribution in [0.3, 0.4) is 0 Å². The van der Waals surface area contributed by atoms with Crippen LogP contribution in [0.2, 0.25) is 0 Å². The van der Waals surface area contributed by atoms with Gasteiger partial charge in [-0.1, -0.05) is 18.2 Å². The van der Waals surface area contributed by atoms with Crippen molar-refractivity contribution in [3.05, 3.63) is 30.3 Å². The Kier molecular flexibility index (Phi) is 4.60. The molecule has 114 valence electrons. The van der Waals surface area contributed by atoms with Gasteiger partial charge in [0.2, 0.25) is 0 Å². The van der Waals surface area contributed by atoms with Crippen molar-refractivity contribution in [2.45, 2.75) is 18.9 Å². The molecule has 1 aromatic rings. The molecule has 21 heavy (non-hydrogen) atoms. The molecule has 2 aliphatic heterocycles. The van der Waals surface area contributed by atoms with Crippen molar-refractivity contribution >= 4 is 11.7 Å². The molecule has 0 bridgehead atoms. The van der Waals surface area contributed by atoms with E-state index in [0.717, 1.165) is 39.1 Å². The normalized spacial score (nSPS) is 25.0. The quantitative estimate of drug-likeness (QED) is 0.885. The number of carbonyl (C=O) groups is 1. The first-order chi connectivity index (χ1) is 10.3. The molecule has 1 aromatic carbocycles. The summed E-state index contributed by atoms with van der Waals surface area (Å²) in [7, 11) is 0. The summed E-state index contributed by atoms with van der Waals surface area (Å²) in [6.07, 6.45) is 2.04. The first-order valence-corrected chi connectivity index (χ1v) is 7.73. The van der Waals surface area contributed by atoms with Crippen molar-refractivity contribution in [1.29, 1.82) is 0 Å². The lowest BCUT2D eigenvalue weighted by Crippen LogP contribution is -2.44. The molecular formula is C16H23N3O2. The summed E-state index contributed by atoms with van der Waals surface area (Å²) in [5.41, 5.74) is 1.23. The van der Waals surface area contributed by atoms with E-state index >= 15 is 0 Å². The summed E-state index contributed by atoms with van der Waals surface area (Å²) >= 11 is 0. The van der Waals surface area contributed by atoms with E-state index in [-0.39, 0.29) is 12.1 Å². The van der Waals surface area contributed by atoms with Crippen molar-refractivity contribution < 1.29 is 9.53 Å². The maximum atomic E-state index is 11.9. The molecule has 2 amide bonds. The highest BCUT2D eigenvalue weighted by Crippen LogP contribution is 2.19. The lowest BCUT2D eigenvalue weighted by Gasteiger charge is -2.19. The minimum absolute atomic E-state index is 0.0539. The van der Waals surface area contributed by atoms with Crippen LogP contribution in [0.25, 0.3) is 0 Å². The highest BCUT2D eigenvalue weighted by Gasteiger charge is 2.24. The van der Waals surface area contributed by atoms with Gasteiger partial charge in [-0.25, -0.2) is 4.79 Å². The molecule has 0 spiro atoms. The van der Waals surface area contributed by atoms with Gasteiger partial charge in [0.25, 0.3) is 0 Å². The Morgan fingerprint density at radius 1 is 1.29 bits per heavy atom. The van der Waals surface area contributed by atoms with Gasteiger partial charge >= 0.3 is 6.03 Å². The molecule has 5 nitrogen and oxygen atoms in total. The van der Waals surface area contributed by atoms with Crippen molar-refractivity contribution in [3.8, 4) is 0 Å². The van der Waals surface area contributed by atoms with Crippen LogP contribution in [-0.4, -0.2) is 44.9 Å². The number of benzene rings is 1. The molecule has 2 heterocycles. The number of para-hydroxylation sites is 1. The fourth-order valence-corrected chi connectivity index (χ4v) is 2.97. The molecule has 0 radical (unpaired) electrons. The first kappa shape index (κ1) is 14.2. The largest absolute Gasteiger partial charge is 0.381 e. The Morgan fingerprint density at radius 3 is 2.90 bits per heavy atom. The number of anilines is 1. The molecule has 0 saturated carbocycles. The third-order valence-electron chi connectivity index (χ3n) is 4.22. The SMILES string of the molecule is O=C(NC[C@H]1CCOC1)N[C@H]1CCN(c2ccccc2)C1. The number of amides is 2. The molecule has 2 atom stereocenters. The first-order valence-electron chi connectivity index (χ1n) is 7.73. The second kappa shape index (κ2) is 6.80. The average Bonchev–Trinajstić information content (AvgIpc) is 3.17. The lowest BCUT2D eigenvalue weighted by atomic mass is 10.1. The topological polar surface area (TPSA) is 53.6 Å². The fourth-order valence-electron chi connectivity index (χ4n) is 2.97. The number of ether oxygens (including phenoxy) is 1. The van der Waals surface area contributed by atoms with Crippen LogP contribution in [0.4, 0.5) is 10.5 Å². The minimum atomic E-state index is -0.0539. The van der Waals surface area contributed by atoms with E-state index in [0.29, 0.717) is 12.5 Å². The van der Waals surface area contributed by atoms with Crippen LogP contribution in [0.5, 0.6) is 0 Å². The van der Waals surface area contributed by atoms with Crippen LogP contribution < -0.4 is 15.5 Å². The van der Waals surface area contributed by atoms with E-state index in [9.17, 15) is 4.79 Å². The monoisotopic (exact) mass is 289 g/mol. The average molecular weight is 289 g/mol. The van der Waals surface area contributed by atoms with Crippen molar-refractivity contribution in [3.63, 3.8) is 0 Å². The van der Waals surface area contributed by atoms with E-state index in [1.54, 1.807) is 0 Å². The van der Waals surface area contributed by atoms with Crippen LogP contribution in [-0.2, 0) is 4.74 Å². The maximum absolute atomic E-state index is 11.9. The summed E-state index contributed by atoms with van der Waals surface area (Å²) in [5, 5.41) is 6.03. The second-order valence-corrected chi connectivity index (χ2v) is 5.85. The second-order valence-electron chi connectivity index (χ2n) is 5.85. The Bertz CT molecular complexity index is 460. The van der Waals surface area contributed by atoms with Gasteiger partial charge < -0.3 is 20.3 Å². The Hall–Kier alpha value is -1.75. The molecule has 0 unspecified atom stereocenters. The zero-order valence-electron chi connectivity index (χ0n) is 12.3. The molecule has 3 rings (SSSR count). The van der Waals surface area contributed by atoms with Gasteiger partial charge in [0, 0.05) is 43.9 Å². The molecular weight excluding hydrogens is 266 g/mol. The van der Waals surface area contributed by atoms with Crippen LogP contribution in [0.1, 0.15) is 12.8 Å². The van der Waals surface area contributed by atoms with Gasteiger partial charge in [0.1, 0.15) is 0 Å². The number of rotatable bonds is 4. The van der Waals surface area contributed by atoms with E-state index in [4.69, 9.17) is 4.74 Å². The predicted molar refractivity (Wildman–Crippen MR) is 82.5 cm³/mol. The van der Waals surface area contributed by atoms with Crippen LogP contribution >= 0.6 is 0 Å². The number of carbonyl (C=O) groups excluding carboxylic acids is 1. The summed E-state index contributed by atoms with van der Waals surface area (Å²) in [6.45, 7) is 4.17. The molecule has 2 N–H and O–H groups in total. The summed E-state index contributed by atoms with van der Waals surface area (Å²) < 4.78 is 5.31. The lowest BCUT2D eigenvalue weighted by molar-refractivity contribution is 0.185. The van der Waals surface area contributed by atoms with Crippen LogP contribution in [0, 0.1) is 5.92 Å². The third-order valence-corrected chi connectivity index (χ3v) is 4.22. The summed E-state index contributed by atoms with van der Waals surface area (Å²) in [6, 6.07) is 10.5. The van der Waals surface area contributed by atoms with Gasteiger partial charge in [0.05, 0.1) is 6.61 Å². The number of nitrogens with zero attached hydrogens (tertiary/aromatic N) is 1. The Morgan fingerprint density at radius 2 is 2.14 bits per heavy atom. The molecule has 2 saturated heterocycles. The summed E-state index contributed by atoms with van der Waals surface area (Å²) in [5.74, 6) is 0.472. The molecule has 0 aromatic heterocycles. The molecule has 2 aliphatic rings. The van der Waals surface area contributed by atoms with E-state index in [1.165, 1.54) is 5.69 Å². The van der Waals surface area contributed by atoms with Crippen molar-refractivity contribution in [2.24, 2.45) is 5.92 Å². The number of hydrogen-bond acceptors (Lipinski definition) is 3. The van der Waals surface area contributed by atoms with Crippen LogP contribution in [0.15, 0.2) is 30.3 Å². The Balaban J connectivity index is 1.41. The zero-order valence-corrected chi connectivity index (χ0v) is 12.3. The predicted octanol–water partition coefficient (Wildman–Crippen LogP) is 1.60. The van der Waals surface area contributed by atoms with E-state index in [2.05, 4.69) is 27.7 Å². The number of hydrogen-bond donors (Lipinski definition) is 2. The van der Waals surface area contributed by atoms with Gasteiger partial charge in [-0.3, -0.25) is 0 Å². The molecule has 2 fully saturated rings.